The molecule has 68 valence electrons. The number of aromatic amines is 1. The highest BCUT2D eigenvalue weighted by Gasteiger charge is 2.01. The molecular weight excluding hydrogens is 152 g/mol. The zero-order valence-electron chi connectivity index (χ0n) is 7.67. The Kier molecular flexibility index (Phi) is 3.22. The Morgan fingerprint density at radius 1 is 1.58 bits per heavy atom. The van der Waals surface area contributed by atoms with Gasteiger partial charge in [0, 0.05) is 18.9 Å². The van der Waals surface area contributed by atoms with Crippen LogP contribution in [0.5, 0.6) is 0 Å². The lowest BCUT2D eigenvalue weighted by molar-refractivity contribution is 0.649. The van der Waals surface area contributed by atoms with E-state index in [9.17, 15) is 0 Å². The lowest BCUT2D eigenvalue weighted by Gasteiger charge is -2.00. The van der Waals surface area contributed by atoms with Gasteiger partial charge in [0.1, 0.15) is 11.6 Å². The third kappa shape index (κ3) is 2.62. The van der Waals surface area contributed by atoms with Gasteiger partial charge in [-0.3, -0.25) is 5.10 Å². The van der Waals surface area contributed by atoms with Gasteiger partial charge >= 0.3 is 0 Å². The van der Waals surface area contributed by atoms with Crippen LogP contribution in [-0.4, -0.2) is 21.2 Å². The van der Waals surface area contributed by atoms with Crippen molar-refractivity contribution in [1.29, 1.82) is 0 Å². The van der Waals surface area contributed by atoms with Crippen molar-refractivity contribution in [1.82, 2.24) is 15.2 Å². The molecule has 1 heterocycles. The van der Waals surface area contributed by atoms with Crippen LogP contribution in [0, 0.1) is 0 Å². The number of nitrogens with two attached hydrogens (primary N) is 1. The predicted octanol–water partition coefficient (Wildman–Crippen LogP) is 0.647. The molecule has 1 rings (SSSR count). The van der Waals surface area contributed by atoms with Crippen LogP contribution in [0.15, 0.2) is 0 Å². The maximum Gasteiger partial charge on any atom is 0.150 e. The van der Waals surface area contributed by atoms with E-state index in [2.05, 4.69) is 15.2 Å². The molecule has 0 aliphatic heterocycles. The van der Waals surface area contributed by atoms with Crippen LogP contribution in [0.1, 0.15) is 31.9 Å². The quantitative estimate of drug-likeness (QED) is 0.693. The van der Waals surface area contributed by atoms with Crippen LogP contribution in [0.3, 0.4) is 0 Å². The van der Waals surface area contributed by atoms with Crippen LogP contribution in [0.2, 0.25) is 0 Å². The van der Waals surface area contributed by atoms with E-state index in [4.69, 9.17) is 5.73 Å². The number of nitrogens with one attached hydrogen (secondary N) is 1. The van der Waals surface area contributed by atoms with Gasteiger partial charge in [0.15, 0.2) is 0 Å². The number of H-pyrrole nitrogens is 1. The van der Waals surface area contributed by atoms with Gasteiger partial charge in [-0.25, -0.2) is 4.98 Å². The van der Waals surface area contributed by atoms with Gasteiger partial charge < -0.3 is 5.73 Å². The molecule has 0 aliphatic rings. The van der Waals surface area contributed by atoms with Crippen molar-refractivity contribution in [2.45, 2.75) is 39.2 Å². The normalized spacial score (nSPS) is 13.2. The highest BCUT2D eigenvalue weighted by Crippen LogP contribution is 1.98. The molecule has 0 saturated carbocycles. The monoisotopic (exact) mass is 168 g/mol. The van der Waals surface area contributed by atoms with Gasteiger partial charge in [0.2, 0.25) is 0 Å². The summed E-state index contributed by atoms with van der Waals surface area (Å²) in [5.74, 6) is 1.83. The Hall–Kier alpha value is -0.900. The van der Waals surface area contributed by atoms with Crippen LogP contribution >= 0.6 is 0 Å². The Morgan fingerprint density at radius 3 is 2.83 bits per heavy atom. The third-order valence-corrected chi connectivity index (χ3v) is 1.73. The van der Waals surface area contributed by atoms with Gasteiger partial charge in [-0.1, -0.05) is 6.92 Å². The van der Waals surface area contributed by atoms with E-state index in [1.165, 1.54) is 0 Å². The molecule has 1 unspecified atom stereocenters. The molecule has 4 nitrogen and oxygen atoms in total. The first-order valence-corrected chi connectivity index (χ1v) is 4.38. The van der Waals surface area contributed by atoms with E-state index in [-0.39, 0.29) is 6.04 Å². The second-order valence-corrected chi connectivity index (χ2v) is 3.07. The fourth-order valence-corrected chi connectivity index (χ4v) is 0.969. The third-order valence-electron chi connectivity index (χ3n) is 1.73. The molecule has 1 aromatic rings. The van der Waals surface area contributed by atoms with E-state index in [0.717, 1.165) is 30.9 Å². The molecule has 0 aromatic carbocycles. The van der Waals surface area contributed by atoms with E-state index in [1.54, 1.807) is 0 Å². The molecule has 1 aromatic heterocycles. The Morgan fingerprint density at radius 2 is 2.33 bits per heavy atom. The summed E-state index contributed by atoms with van der Waals surface area (Å²) in [6.45, 7) is 4.04. The summed E-state index contributed by atoms with van der Waals surface area (Å²) in [7, 11) is 0. The summed E-state index contributed by atoms with van der Waals surface area (Å²) in [6, 6.07) is 0.236. The zero-order valence-corrected chi connectivity index (χ0v) is 7.67. The Bertz CT molecular complexity index is 229. The zero-order chi connectivity index (χ0) is 8.97. The molecule has 0 spiro atoms. The highest BCUT2D eigenvalue weighted by molar-refractivity contribution is 4.90. The molecule has 0 radical (unpaired) electrons. The van der Waals surface area contributed by atoms with E-state index < -0.39 is 0 Å². The predicted molar refractivity (Wildman–Crippen MR) is 47.7 cm³/mol. The minimum Gasteiger partial charge on any atom is -0.328 e. The van der Waals surface area contributed by atoms with Crippen molar-refractivity contribution in [3.8, 4) is 0 Å². The fraction of sp³-hybridized carbons (Fsp3) is 0.750. The maximum absolute atomic E-state index is 5.62. The average molecular weight is 168 g/mol. The van der Waals surface area contributed by atoms with Gasteiger partial charge in [0.25, 0.3) is 0 Å². The number of aryl methyl sites for hydroxylation is 2. The number of nitrogens with zero attached hydrogens (tertiary/aromatic N) is 2. The number of hydrogen-bond donors (Lipinski definition) is 2. The summed E-state index contributed by atoms with van der Waals surface area (Å²) in [5.41, 5.74) is 5.62. The minimum atomic E-state index is 0.236. The summed E-state index contributed by atoms with van der Waals surface area (Å²) >= 11 is 0. The van der Waals surface area contributed by atoms with Gasteiger partial charge in [-0.05, 0) is 13.3 Å². The first-order chi connectivity index (χ1) is 5.72. The van der Waals surface area contributed by atoms with Crippen molar-refractivity contribution in [2.75, 3.05) is 0 Å². The van der Waals surface area contributed by atoms with Gasteiger partial charge in [-0.15, -0.1) is 0 Å². The Labute approximate surface area is 72.6 Å². The second-order valence-electron chi connectivity index (χ2n) is 3.07. The van der Waals surface area contributed by atoms with Crippen molar-refractivity contribution >= 4 is 0 Å². The summed E-state index contributed by atoms with van der Waals surface area (Å²) < 4.78 is 0. The molecule has 0 fully saturated rings. The average Bonchev–Trinajstić information content (AvgIpc) is 2.48. The summed E-state index contributed by atoms with van der Waals surface area (Å²) in [6.07, 6.45) is 2.73. The lowest BCUT2D eigenvalue weighted by atomic mass is 10.2. The molecular formula is C8H16N4. The highest BCUT2D eigenvalue weighted by atomic mass is 15.2. The molecule has 0 aliphatic carbocycles. The molecule has 12 heavy (non-hydrogen) atoms. The number of hydrogen-bond acceptors (Lipinski definition) is 3. The minimum absolute atomic E-state index is 0.236. The Balaban J connectivity index is 2.41. The number of rotatable bonds is 4. The molecule has 3 N–H and O–H groups in total. The van der Waals surface area contributed by atoms with Crippen LogP contribution < -0.4 is 5.73 Å². The van der Waals surface area contributed by atoms with Crippen molar-refractivity contribution < 1.29 is 0 Å². The molecule has 4 heteroatoms. The van der Waals surface area contributed by atoms with E-state index in [0.29, 0.717) is 0 Å². The molecule has 0 amide bonds. The summed E-state index contributed by atoms with van der Waals surface area (Å²) in [5, 5.41) is 6.93. The topological polar surface area (TPSA) is 67.6 Å². The maximum atomic E-state index is 5.62. The van der Waals surface area contributed by atoms with Crippen molar-refractivity contribution in [3.05, 3.63) is 11.6 Å². The summed E-state index contributed by atoms with van der Waals surface area (Å²) in [4.78, 5) is 4.28. The smallest absolute Gasteiger partial charge is 0.150 e. The van der Waals surface area contributed by atoms with E-state index in [1.807, 2.05) is 13.8 Å². The molecule has 0 saturated heterocycles. The second kappa shape index (κ2) is 4.21. The van der Waals surface area contributed by atoms with Crippen molar-refractivity contribution in [2.24, 2.45) is 5.73 Å². The first-order valence-electron chi connectivity index (χ1n) is 4.38. The standard InChI is InChI=1S/C8H16N4/c1-3-7-10-8(12-11-7)5-4-6(2)9/h6H,3-5,9H2,1-2H3,(H,10,11,12). The van der Waals surface area contributed by atoms with Crippen LogP contribution in [0.25, 0.3) is 0 Å². The molecule has 1 atom stereocenters. The number of aromatic nitrogens is 3. The van der Waals surface area contributed by atoms with E-state index >= 15 is 0 Å². The van der Waals surface area contributed by atoms with Crippen LogP contribution in [-0.2, 0) is 12.8 Å². The van der Waals surface area contributed by atoms with Gasteiger partial charge in [-0.2, -0.15) is 5.10 Å². The fourth-order valence-electron chi connectivity index (χ4n) is 0.969. The lowest BCUT2D eigenvalue weighted by Crippen LogP contribution is -2.15. The molecule has 0 bridgehead atoms. The largest absolute Gasteiger partial charge is 0.328 e. The first kappa shape index (κ1) is 9.19. The SMILES string of the molecule is CCc1n[nH]c(CCC(C)N)n1. The van der Waals surface area contributed by atoms with Crippen LogP contribution in [0.4, 0.5) is 0 Å². The van der Waals surface area contributed by atoms with Gasteiger partial charge in [0.05, 0.1) is 0 Å². The van der Waals surface area contributed by atoms with Crippen molar-refractivity contribution in [3.63, 3.8) is 0 Å².